The van der Waals surface area contributed by atoms with Gasteiger partial charge < -0.3 is 9.32 Å². The van der Waals surface area contributed by atoms with E-state index in [1.807, 2.05) is 4.90 Å². The van der Waals surface area contributed by atoms with Crippen LogP contribution in [0.1, 0.15) is 30.1 Å². The number of nitrogens with two attached hydrogens (primary N) is 1. The molecule has 130 valence electrons. The molecule has 1 aromatic carbocycles. The van der Waals surface area contributed by atoms with Gasteiger partial charge in [-0.1, -0.05) is 0 Å². The fourth-order valence-corrected chi connectivity index (χ4v) is 3.28. The van der Waals surface area contributed by atoms with Gasteiger partial charge in [-0.3, -0.25) is 14.7 Å². The summed E-state index contributed by atoms with van der Waals surface area (Å²) in [5, 5.41) is 6.29. The summed E-state index contributed by atoms with van der Waals surface area (Å²) >= 11 is 0.934. The first-order valence-electron chi connectivity index (χ1n) is 7.74. The minimum absolute atomic E-state index is 0.128. The summed E-state index contributed by atoms with van der Waals surface area (Å²) in [5.41, 5.74) is 1.63. The number of nitrogens with zero attached hydrogens (tertiary/aromatic N) is 1. The minimum Gasteiger partial charge on any atom is -0.472 e. The van der Waals surface area contributed by atoms with Gasteiger partial charge in [0.25, 0.3) is 0 Å². The van der Waals surface area contributed by atoms with Gasteiger partial charge in [0.2, 0.25) is 0 Å². The number of allylic oxidation sites excluding steroid dienone is 1. The number of hydrogen-bond donors (Lipinski definition) is 1. The monoisotopic (exact) mass is 360 g/mol. The fraction of sp³-hybridized carbons (Fsp3) is 0.222. The molecule has 25 heavy (non-hydrogen) atoms. The Morgan fingerprint density at radius 2 is 2.20 bits per heavy atom. The predicted molar refractivity (Wildman–Crippen MR) is 95.5 cm³/mol. The summed E-state index contributed by atoms with van der Waals surface area (Å²) in [5.74, 6) is -0.663. The zero-order chi connectivity index (χ0) is 18.0. The molecule has 0 amide bonds. The van der Waals surface area contributed by atoms with Crippen LogP contribution in [-0.2, 0) is 4.79 Å². The Morgan fingerprint density at radius 3 is 2.72 bits per heavy atom. The van der Waals surface area contributed by atoms with Crippen LogP contribution in [-0.4, -0.2) is 18.1 Å². The third-order valence-corrected chi connectivity index (χ3v) is 4.49. The lowest BCUT2D eigenvalue weighted by atomic mass is 10.0. The number of rotatable bonds is 7. The first-order chi connectivity index (χ1) is 12.0. The van der Waals surface area contributed by atoms with Crippen molar-refractivity contribution in [2.45, 2.75) is 25.8 Å². The third-order valence-electron chi connectivity index (χ3n) is 3.93. The Balaban J connectivity index is 2.17. The summed E-state index contributed by atoms with van der Waals surface area (Å²) in [4.78, 5) is 24.9. The number of anilines is 1. The van der Waals surface area contributed by atoms with Crippen LogP contribution in [0.5, 0.6) is 0 Å². The fourth-order valence-electron chi connectivity index (χ4n) is 2.68. The largest absolute Gasteiger partial charge is 0.472 e. The van der Waals surface area contributed by atoms with Crippen LogP contribution < -0.4 is 10.0 Å². The molecule has 1 saturated carbocycles. The van der Waals surface area contributed by atoms with Gasteiger partial charge in [0.05, 0.1) is 23.2 Å². The van der Waals surface area contributed by atoms with E-state index in [4.69, 9.17) is 9.56 Å². The summed E-state index contributed by atoms with van der Waals surface area (Å²) < 4.78 is 19.5. The van der Waals surface area contributed by atoms with E-state index in [-0.39, 0.29) is 17.4 Å². The van der Waals surface area contributed by atoms with E-state index >= 15 is 0 Å². The number of benzene rings is 1. The topological polar surface area (TPSA) is 76.5 Å². The van der Waals surface area contributed by atoms with Gasteiger partial charge in [-0.15, -0.1) is 0 Å². The highest BCUT2D eigenvalue weighted by Crippen LogP contribution is 2.41. The average Bonchev–Trinajstić information content (AvgIpc) is 3.27. The molecule has 1 fully saturated rings. The van der Waals surface area contributed by atoms with Gasteiger partial charge >= 0.3 is 0 Å². The van der Waals surface area contributed by atoms with Crippen molar-refractivity contribution in [2.75, 3.05) is 4.90 Å². The van der Waals surface area contributed by atoms with Crippen molar-refractivity contribution in [1.29, 1.82) is 0 Å². The SMILES string of the molecule is CC(=O)/C=C(\SN)N(c1cc(-c2ccoc2)c(F)cc1C=O)C1CC1. The quantitative estimate of drug-likeness (QED) is 0.458. The second-order valence-corrected chi connectivity index (χ2v) is 6.49. The summed E-state index contributed by atoms with van der Waals surface area (Å²) in [6, 6.07) is 4.58. The van der Waals surface area contributed by atoms with Crippen molar-refractivity contribution in [3.05, 3.63) is 53.2 Å². The zero-order valence-electron chi connectivity index (χ0n) is 13.6. The number of furan rings is 1. The Morgan fingerprint density at radius 1 is 1.44 bits per heavy atom. The van der Waals surface area contributed by atoms with Crippen molar-refractivity contribution >= 4 is 29.7 Å². The highest BCUT2D eigenvalue weighted by Gasteiger charge is 2.33. The number of aldehydes is 1. The van der Waals surface area contributed by atoms with Crippen LogP contribution in [0.25, 0.3) is 11.1 Å². The first kappa shape index (κ1) is 17.4. The van der Waals surface area contributed by atoms with Crippen LogP contribution in [0.3, 0.4) is 0 Å². The molecule has 2 N–H and O–H groups in total. The van der Waals surface area contributed by atoms with Gasteiger partial charge in [-0.2, -0.15) is 0 Å². The molecule has 0 aliphatic heterocycles. The van der Waals surface area contributed by atoms with Crippen molar-refractivity contribution in [3.63, 3.8) is 0 Å². The first-order valence-corrected chi connectivity index (χ1v) is 8.62. The normalized spacial score (nSPS) is 14.4. The van der Waals surface area contributed by atoms with Crippen LogP contribution in [0.2, 0.25) is 0 Å². The van der Waals surface area contributed by atoms with E-state index < -0.39 is 5.82 Å². The maximum atomic E-state index is 14.4. The van der Waals surface area contributed by atoms with E-state index in [1.165, 1.54) is 31.6 Å². The molecule has 2 aromatic rings. The van der Waals surface area contributed by atoms with Gasteiger partial charge in [0.15, 0.2) is 12.1 Å². The standard InChI is InChI=1S/C18H17FN2O3S/c1-11(23)6-18(25-20)21(14-2-3-14)17-8-15(12-4-5-24-10-12)16(19)7-13(17)9-22/h4-10,14H,2-3,20H2,1H3/b18-6-. The van der Waals surface area contributed by atoms with Crippen molar-refractivity contribution in [1.82, 2.24) is 0 Å². The smallest absolute Gasteiger partial charge is 0.155 e. The molecule has 1 aliphatic rings. The Bertz CT molecular complexity index is 829. The second-order valence-electron chi connectivity index (χ2n) is 5.83. The highest BCUT2D eigenvalue weighted by atomic mass is 32.2. The Labute approximate surface area is 148 Å². The van der Waals surface area contributed by atoms with E-state index in [0.717, 1.165) is 24.8 Å². The van der Waals surface area contributed by atoms with Gasteiger partial charge in [-0.25, -0.2) is 4.39 Å². The predicted octanol–water partition coefficient (Wildman–Crippen LogP) is 3.90. The third kappa shape index (κ3) is 3.67. The summed E-state index contributed by atoms with van der Waals surface area (Å²) in [6.07, 6.45) is 6.75. The molecule has 7 heteroatoms. The Hall–Kier alpha value is -2.38. The molecule has 0 unspecified atom stereocenters. The highest BCUT2D eigenvalue weighted by molar-refractivity contribution is 8.01. The maximum absolute atomic E-state index is 14.4. The molecule has 1 aromatic heterocycles. The van der Waals surface area contributed by atoms with E-state index in [1.54, 1.807) is 12.1 Å². The minimum atomic E-state index is -0.513. The van der Waals surface area contributed by atoms with Crippen LogP contribution in [0.15, 0.2) is 46.2 Å². The van der Waals surface area contributed by atoms with Crippen LogP contribution >= 0.6 is 11.9 Å². The molecular formula is C18H17FN2O3S. The number of ketones is 1. The molecule has 1 aliphatic carbocycles. The molecule has 3 rings (SSSR count). The molecule has 1 heterocycles. The van der Waals surface area contributed by atoms with Crippen LogP contribution in [0.4, 0.5) is 10.1 Å². The summed E-state index contributed by atoms with van der Waals surface area (Å²) in [6.45, 7) is 1.43. The van der Waals surface area contributed by atoms with Crippen molar-refractivity contribution < 1.29 is 18.4 Å². The van der Waals surface area contributed by atoms with E-state index in [9.17, 15) is 14.0 Å². The van der Waals surface area contributed by atoms with Crippen molar-refractivity contribution in [2.24, 2.45) is 5.14 Å². The lowest BCUT2D eigenvalue weighted by molar-refractivity contribution is -0.112. The second kappa shape index (κ2) is 7.25. The number of hydrogen-bond acceptors (Lipinski definition) is 6. The van der Waals surface area contributed by atoms with Crippen LogP contribution in [0, 0.1) is 5.82 Å². The number of halogens is 1. The molecule has 0 bridgehead atoms. The zero-order valence-corrected chi connectivity index (χ0v) is 14.4. The molecular weight excluding hydrogens is 343 g/mol. The van der Waals surface area contributed by atoms with Gasteiger partial charge in [0.1, 0.15) is 5.82 Å². The molecule has 0 spiro atoms. The van der Waals surface area contributed by atoms with E-state index in [0.29, 0.717) is 28.1 Å². The lowest BCUT2D eigenvalue weighted by Gasteiger charge is -2.27. The maximum Gasteiger partial charge on any atom is 0.155 e. The van der Waals surface area contributed by atoms with Gasteiger partial charge in [-0.05, 0) is 49.9 Å². The van der Waals surface area contributed by atoms with E-state index in [2.05, 4.69) is 0 Å². The molecule has 0 saturated heterocycles. The average molecular weight is 360 g/mol. The van der Waals surface area contributed by atoms with Crippen molar-refractivity contribution in [3.8, 4) is 11.1 Å². The molecule has 0 atom stereocenters. The lowest BCUT2D eigenvalue weighted by Crippen LogP contribution is -2.26. The number of carbonyl (C=O) groups excluding carboxylic acids is 2. The molecule has 5 nitrogen and oxygen atoms in total. The summed E-state index contributed by atoms with van der Waals surface area (Å²) in [7, 11) is 0. The Kier molecular flexibility index (Phi) is 5.06. The van der Waals surface area contributed by atoms with Gasteiger partial charge in [0, 0.05) is 28.8 Å². The molecule has 0 radical (unpaired) electrons. The number of carbonyl (C=O) groups is 2.